The first-order valence-corrected chi connectivity index (χ1v) is 8.44. The Bertz CT molecular complexity index is 864. The second-order valence-corrected chi connectivity index (χ2v) is 5.69. The van der Waals surface area contributed by atoms with Crippen molar-refractivity contribution < 1.29 is 4.74 Å². The molecular formula is C20H24IN5O. The highest BCUT2D eigenvalue weighted by Gasteiger charge is 2.06. The molecule has 0 amide bonds. The number of nitrogens with zero attached hydrogens (tertiary/aromatic N) is 3. The minimum Gasteiger partial charge on any atom is -0.496 e. The van der Waals surface area contributed by atoms with Crippen molar-refractivity contribution in [2.45, 2.75) is 13.1 Å². The van der Waals surface area contributed by atoms with Crippen LogP contribution in [0.25, 0.3) is 5.69 Å². The molecule has 0 atom stereocenters. The van der Waals surface area contributed by atoms with E-state index in [1.807, 2.05) is 47.2 Å². The zero-order valence-electron chi connectivity index (χ0n) is 15.4. The summed E-state index contributed by atoms with van der Waals surface area (Å²) in [7, 11) is 3.44. The van der Waals surface area contributed by atoms with E-state index in [2.05, 4.69) is 32.7 Å². The molecule has 27 heavy (non-hydrogen) atoms. The fraction of sp³-hybridized carbons (Fsp3) is 0.200. The Balaban J connectivity index is 0.00000261. The van der Waals surface area contributed by atoms with Gasteiger partial charge in [-0.15, -0.1) is 24.0 Å². The van der Waals surface area contributed by atoms with Crippen molar-refractivity contribution in [2.24, 2.45) is 4.99 Å². The van der Waals surface area contributed by atoms with Crippen LogP contribution in [0.3, 0.4) is 0 Å². The van der Waals surface area contributed by atoms with Crippen LogP contribution in [0.4, 0.5) is 0 Å². The molecule has 0 fully saturated rings. The van der Waals surface area contributed by atoms with Crippen molar-refractivity contribution in [1.82, 2.24) is 20.2 Å². The summed E-state index contributed by atoms with van der Waals surface area (Å²) < 4.78 is 7.39. The number of para-hydroxylation sites is 2. The Kier molecular flexibility index (Phi) is 8.12. The number of ether oxygens (including phenoxy) is 1. The summed E-state index contributed by atoms with van der Waals surface area (Å²) in [6.07, 6.45) is 5.51. The number of nitrogens with one attached hydrogen (secondary N) is 2. The number of hydrogen-bond donors (Lipinski definition) is 2. The molecule has 1 aromatic heterocycles. The lowest BCUT2D eigenvalue weighted by Gasteiger charge is -2.15. The first-order chi connectivity index (χ1) is 12.8. The molecule has 0 unspecified atom stereocenters. The number of imidazole rings is 1. The van der Waals surface area contributed by atoms with Gasteiger partial charge in [-0.2, -0.15) is 0 Å². The van der Waals surface area contributed by atoms with Crippen LogP contribution >= 0.6 is 24.0 Å². The summed E-state index contributed by atoms with van der Waals surface area (Å²) in [6.45, 7) is 1.28. The standard InChI is InChI=1S/C20H23N5O.HI/c1-21-20(24-14-17-8-4-6-10-19(17)26-2)23-13-16-7-3-5-9-18(16)25-12-11-22-15-25;/h3-12,15H,13-14H2,1-2H3,(H2,21,23,24);1H. The normalized spacial score (nSPS) is 10.8. The zero-order valence-corrected chi connectivity index (χ0v) is 17.8. The largest absolute Gasteiger partial charge is 0.496 e. The van der Waals surface area contributed by atoms with E-state index in [9.17, 15) is 0 Å². The third-order valence-electron chi connectivity index (χ3n) is 4.08. The van der Waals surface area contributed by atoms with Crippen LogP contribution < -0.4 is 15.4 Å². The molecule has 0 spiro atoms. The first kappa shape index (κ1) is 20.8. The molecule has 142 valence electrons. The number of guanidine groups is 1. The predicted octanol–water partition coefficient (Wildman–Crippen LogP) is 3.36. The maximum absolute atomic E-state index is 5.39. The summed E-state index contributed by atoms with van der Waals surface area (Å²) in [5, 5.41) is 6.68. The summed E-state index contributed by atoms with van der Waals surface area (Å²) in [5.74, 6) is 1.59. The molecule has 3 aromatic rings. The van der Waals surface area contributed by atoms with E-state index in [-0.39, 0.29) is 24.0 Å². The Morgan fingerprint density at radius 1 is 1.04 bits per heavy atom. The molecule has 0 bridgehead atoms. The molecule has 0 radical (unpaired) electrons. The molecule has 6 nitrogen and oxygen atoms in total. The van der Waals surface area contributed by atoms with Gasteiger partial charge in [0, 0.05) is 38.1 Å². The first-order valence-electron chi connectivity index (χ1n) is 8.44. The third kappa shape index (κ3) is 5.46. The fourth-order valence-electron chi connectivity index (χ4n) is 2.74. The van der Waals surface area contributed by atoms with Crippen molar-refractivity contribution >= 4 is 29.9 Å². The van der Waals surface area contributed by atoms with Gasteiger partial charge in [0.05, 0.1) is 19.1 Å². The average molecular weight is 477 g/mol. The molecule has 2 N–H and O–H groups in total. The van der Waals surface area contributed by atoms with Gasteiger partial charge in [0.15, 0.2) is 5.96 Å². The van der Waals surface area contributed by atoms with Crippen LogP contribution in [-0.4, -0.2) is 29.7 Å². The Hall–Kier alpha value is -2.55. The smallest absolute Gasteiger partial charge is 0.191 e. The number of halogens is 1. The summed E-state index contributed by atoms with van der Waals surface area (Å²) in [4.78, 5) is 8.43. The van der Waals surface area contributed by atoms with Gasteiger partial charge < -0.3 is 19.9 Å². The van der Waals surface area contributed by atoms with E-state index in [1.165, 1.54) is 0 Å². The molecule has 1 heterocycles. The maximum Gasteiger partial charge on any atom is 0.191 e. The lowest BCUT2D eigenvalue weighted by atomic mass is 10.1. The van der Waals surface area contributed by atoms with E-state index >= 15 is 0 Å². The molecular weight excluding hydrogens is 453 g/mol. The molecule has 2 aromatic carbocycles. The van der Waals surface area contributed by atoms with Crippen LogP contribution in [0.5, 0.6) is 5.75 Å². The fourth-order valence-corrected chi connectivity index (χ4v) is 2.74. The highest BCUT2D eigenvalue weighted by molar-refractivity contribution is 14.0. The van der Waals surface area contributed by atoms with Gasteiger partial charge in [0.2, 0.25) is 0 Å². The number of aromatic nitrogens is 2. The van der Waals surface area contributed by atoms with Crippen LogP contribution in [-0.2, 0) is 13.1 Å². The van der Waals surface area contributed by atoms with Gasteiger partial charge in [0.1, 0.15) is 5.75 Å². The van der Waals surface area contributed by atoms with Crippen molar-refractivity contribution in [3.63, 3.8) is 0 Å². The number of rotatable bonds is 6. The summed E-state index contributed by atoms with van der Waals surface area (Å²) >= 11 is 0. The highest BCUT2D eigenvalue weighted by atomic mass is 127. The molecule has 7 heteroatoms. The maximum atomic E-state index is 5.39. The minimum absolute atomic E-state index is 0. The molecule has 0 aliphatic carbocycles. The lowest BCUT2D eigenvalue weighted by Crippen LogP contribution is -2.36. The van der Waals surface area contributed by atoms with Crippen molar-refractivity contribution in [3.8, 4) is 11.4 Å². The predicted molar refractivity (Wildman–Crippen MR) is 119 cm³/mol. The van der Waals surface area contributed by atoms with Gasteiger partial charge in [-0.25, -0.2) is 4.98 Å². The van der Waals surface area contributed by atoms with Gasteiger partial charge in [-0.3, -0.25) is 4.99 Å². The average Bonchev–Trinajstić information content (AvgIpc) is 3.23. The van der Waals surface area contributed by atoms with Gasteiger partial charge in [-0.1, -0.05) is 36.4 Å². The third-order valence-corrected chi connectivity index (χ3v) is 4.08. The lowest BCUT2D eigenvalue weighted by molar-refractivity contribution is 0.409. The Morgan fingerprint density at radius 2 is 1.70 bits per heavy atom. The van der Waals surface area contributed by atoms with E-state index in [4.69, 9.17) is 4.74 Å². The second-order valence-electron chi connectivity index (χ2n) is 5.69. The van der Waals surface area contributed by atoms with Crippen LogP contribution in [0, 0.1) is 0 Å². The van der Waals surface area contributed by atoms with Gasteiger partial charge in [-0.05, 0) is 17.7 Å². The molecule has 0 saturated carbocycles. The van der Waals surface area contributed by atoms with Crippen molar-refractivity contribution in [2.75, 3.05) is 14.2 Å². The SMILES string of the molecule is CN=C(NCc1ccccc1OC)NCc1ccccc1-n1ccnc1.I. The number of benzene rings is 2. The van der Waals surface area contributed by atoms with Crippen LogP contribution in [0.1, 0.15) is 11.1 Å². The number of hydrogen-bond acceptors (Lipinski definition) is 3. The summed E-state index contributed by atoms with van der Waals surface area (Å²) in [5.41, 5.74) is 3.33. The monoisotopic (exact) mass is 477 g/mol. The number of methoxy groups -OCH3 is 1. The van der Waals surface area contributed by atoms with Crippen LogP contribution in [0.15, 0.2) is 72.2 Å². The summed E-state index contributed by atoms with van der Waals surface area (Å²) in [6, 6.07) is 16.2. The Morgan fingerprint density at radius 3 is 2.37 bits per heavy atom. The molecule has 3 rings (SSSR count). The van der Waals surface area contributed by atoms with Gasteiger partial charge >= 0.3 is 0 Å². The van der Waals surface area contributed by atoms with Crippen molar-refractivity contribution in [3.05, 3.63) is 78.4 Å². The second kappa shape index (κ2) is 10.6. The molecule has 0 aliphatic heterocycles. The van der Waals surface area contributed by atoms with Gasteiger partial charge in [0.25, 0.3) is 0 Å². The number of aliphatic imine (C=N–C) groups is 1. The van der Waals surface area contributed by atoms with E-state index in [0.29, 0.717) is 13.1 Å². The minimum atomic E-state index is 0. The molecule has 0 saturated heterocycles. The van der Waals surface area contributed by atoms with E-state index in [0.717, 1.165) is 28.5 Å². The molecule has 0 aliphatic rings. The topological polar surface area (TPSA) is 63.5 Å². The van der Waals surface area contributed by atoms with E-state index < -0.39 is 0 Å². The van der Waals surface area contributed by atoms with Crippen molar-refractivity contribution in [1.29, 1.82) is 0 Å². The Labute approximate surface area is 176 Å². The quantitative estimate of drug-likeness (QED) is 0.325. The zero-order chi connectivity index (χ0) is 18.2. The van der Waals surface area contributed by atoms with E-state index in [1.54, 1.807) is 26.7 Å². The van der Waals surface area contributed by atoms with Crippen LogP contribution in [0.2, 0.25) is 0 Å². The highest BCUT2D eigenvalue weighted by Crippen LogP contribution is 2.17.